The summed E-state index contributed by atoms with van der Waals surface area (Å²) < 4.78 is 32.2. The highest BCUT2D eigenvalue weighted by atomic mass is 19.3. The molecular formula is C23H20F2N4O2. The number of amides is 1. The fraction of sp³-hybridized carbons (Fsp3) is 0.217. The van der Waals surface area contributed by atoms with Gasteiger partial charge in [-0.2, -0.15) is 5.10 Å². The van der Waals surface area contributed by atoms with E-state index in [-0.39, 0.29) is 17.6 Å². The van der Waals surface area contributed by atoms with Crippen molar-refractivity contribution in [1.29, 1.82) is 0 Å². The van der Waals surface area contributed by atoms with Crippen LogP contribution in [0.1, 0.15) is 18.4 Å². The Balaban J connectivity index is 1.46. The van der Waals surface area contributed by atoms with Crippen molar-refractivity contribution in [2.45, 2.75) is 19.0 Å². The van der Waals surface area contributed by atoms with Crippen LogP contribution >= 0.6 is 0 Å². The van der Waals surface area contributed by atoms with Gasteiger partial charge in [0.2, 0.25) is 5.91 Å². The van der Waals surface area contributed by atoms with Crippen LogP contribution in [0.15, 0.2) is 55.1 Å². The summed E-state index contributed by atoms with van der Waals surface area (Å²) in [6.07, 6.45) is -0.548. The summed E-state index contributed by atoms with van der Waals surface area (Å²) in [5.74, 6) is 0.631. The van der Waals surface area contributed by atoms with Crippen molar-refractivity contribution >= 4 is 27.7 Å². The summed E-state index contributed by atoms with van der Waals surface area (Å²) in [7, 11) is 0. The van der Waals surface area contributed by atoms with Gasteiger partial charge in [0.15, 0.2) is 0 Å². The standard InChI is InChI=1S/C23H20F2N4O2/c1-2-21(30)29-9-8-14(12-29)31-20-5-3-4-17-16(20)11-19(26-17)22-15-7-6-13(23(24)25)10-18(15)27-28-22/h2-7,10-11,14,23,26H,1,8-9,12H2,(H,27,28). The molecular weight excluding hydrogens is 402 g/mol. The highest BCUT2D eigenvalue weighted by Crippen LogP contribution is 2.34. The Bertz CT molecular complexity index is 1290. The van der Waals surface area contributed by atoms with Crippen molar-refractivity contribution in [2.75, 3.05) is 13.1 Å². The van der Waals surface area contributed by atoms with Crippen LogP contribution in [0.25, 0.3) is 33.2 Å². The maximum Gasteiger partial charge on any atom is 0.263 e. The Kier molecular flexibility index (Phi) is 4.69. The fourth-order valence-electron chi connectivity index (χ4n) is 4.07. The van der Waals surface area contributed by atoms with Gasteiger partial charge in [-0.25, -0.2) is 8.78 Å². The van der Waals surface area contributed by atoms with Crippen molar-refractivity contribution in [3.63, 3.8) is 0 Å². The number of aromatic amines is 2. The summed E-state index contributed by atoms with van der Waals surface area (Å²) >= 11 is 0. The smallest absolute Gasteiger partial charge is 0.263 e. The predicted octanol–water partition coefficient (Wildman–Crippen LogP) is 4.81. The lowest BCUT2D eigenvalue weighted by Crippen LogP contribution is -2.29. The van der Waals surface area contributed by atoms with Gasteiger partial charge in [0.1, 0.15) is 17.5 Å². The number of ether oxygens (including phenoxy) is 1. The topological polar surface area (TPSA) is 74.0 Å². The Morgan fingerprint density at radius 2 is 2.10 bits per heavy atom. The van der Waals surface area contributed by atoms with E-state index in [1.807, 2.05) is 24.3 Å². The van der Waals surface area contributed by atoms with Gasteiger partial charge in [-0.3, -0.25) is 9.89 Å². The lowest BCUT2D eigenvalue weighted by Gasteiger charge is -2.16. The first-order valence-corrected chi connectivity index (χ1v) is 10.00. The largest absolute Gasteiger partial charge is 0.488 e. The molecule has 8 heteroatoms. The number of halogens is 2. The maximum absolute atomic E-state index is 13.0. The van der Waals surface area contributed by atoms with Crippen molar-refractivity contribution < 1.29 is 18.3 Å². The Morgan fingerprint density at radius 3 is 2.90 bits per heavy atom. The summed E-state index contributed by atoms with van der Waals surface area (Å²) in [5, 5.41) is 8.83. The molecule has 1 aliphatic heterocycles. The molecule has 2 N–H and O–H groups in total. The Hall–Kier alpha value is -3.68. The number of hydrogen-bond donors (Lipinski definition) is 2. The van der Waals surface area contributed by atoms with Crippen molar-refractivity contribution in [1.82, 2.24) is 20.1 Å². The number of likely N-dealkylation sites (tertiary alicyclic amines) is 1. The highest BCUT2D eigenvalue weighted by molar-refractivity contribution is 5.97. The average molecular weight is 422 g/mol. The quantitative estimate of drug-likeness (QED) is 0.453. The monoisotopic (exact) mass is 422 g/mol. The molecule has 0 aliphatic carbocycles. The first kappa shape index (κ1) is 19.3. The molecule has 1 atom stereocenters. The van der Waals surface area contributed by atoms with Crippen LogP contribution in [0.2, 0.25) is 0 Å². The van der Waals surface area contributed by atoms with E-state index in [0.29, 0.717) is 24.3 Å². The second-order valence-corrected chi connectivity index (χ2v) is 7.60. The number of benzene rings is 2. The van der Waals surface area contributed by atoms with Crippen LogP contribution in [0.3, 0.4) is 0 Å². The molecule has 0 bridgehead atoms. The third kappa shape index (κ3) is 3.43. The first-order chi connectivity index (χ1) is 15.0. The molecule has 0 saturated carbocycles. The van der Waals surface area contributed by atoms with Gasteiger partial charge in [-0.15, -0.1) is 0 Å². The number of carbonyl (C=O) groups is 1. The second-order valence-electron chi connectivity index (χ2n) is 7.60. The second kappa shape index (κ2) is 7.54. The van der Waals surface area contributed by atoms with Crippen LogP contribution in [-0.4, -0.2) is 45.2 Å². The van der Waals surface area contributed by atoms with E-state index in [2.05, 4.69) is 21.8 Å². The lowest BCUT2D eigenvalue weighted by atomic mass is 10.1. The zero-order chi connectivity index (χ0) is 21.5. The van der Waals surface area contributed by atoms with Gasteiger partial charge < -0.3 is 14.6 Å². The minimum Gasteiger partial charge on any atom is -0.488 e. The van der Waals surface area contributed by atoms with Crippen LogP contribution in [0.5, 0.6) is 5.75 Å². The fourth-order valence-corrected chi connectivity index (χ4v) is 4.07. The number of carbonyl (C=O) groups excluding carboxylic acids is 1. The van der Waals surface area contributed by atoms with E-state index in [0.717, 1.165) is 34.2 Å². The zero-order valence-electron chi connectivity index (χ0n) is 16.6. The number of rotatable bonds is 5. The summed E-state index contributed by atoms with van der Waals surface area (Å²) in [4.78, 5) is 16.9. The number of aromatic nitrogens is 3. The lowest BCUT2D eigenvalue weighted by molar-refractivity contribution is -0.125. The zero-order valence-corrected chi connectivity index (χ0v) is 16.6. The molecule has 2 aromatic carbocycles. The summed E-state index contributed by atoms with van der Waals surface area (Å²) in [5.41, 5.74) is 2.81. The molecule has 4 aromatic rings. The van der Waals surface area contributed by atoms with Crippen LogP contribution in [-0.2, 0) is 4.79 Å². The normalized spacial score (nSPS) is 16.5. The van der Waals surface area contributed by atoms with Crippen LogP contribution < -0.4 is 4.74 Å². The van der Waals surface area contributed by atoms with E-state index in [4.69, 9.17) is 4.74 Å². The molecule has 1 aliphatic rings. The molecule has 3 heterocycles. The summed E-state index contributed by atoms with van der Waals surface area (Å²) in [6, 6.07) is 12.2. The Morgan fingerprint density at radius 1 is 1.23 bits per heavy atom. The minimum absolute atomic E-state index is 0.0458. The van der Waals surface area contributed by atoms with Gasteiger partial charge >= 0.3 is 0 Å². The molecule has 1 fully saturated rings. The number of nitrogens with zero attached hydrogens (tertiary/aromatic N) is 2. The molecule has 31 heavy (non-hydrogen) atoms. The summed E-state index contributed by atoms with van der Waals surface area (Å²) in [6.45, 7) is 4.70. The first-order valence-electron chi connectivity index (χ1n) is 10.00. The number of nitrogens with one attached hydrogen (secondary N) is 2. The van der Waals surface area contributed by atoms with Crippen molar-refractivity contribution in [2.24, 2.45) is 0 Å². The number of hydrogen-bond acceptors (Lipinski definition) is 3. The number of fused-ring (bicyclic) bond motifs is 2. The molecule has 0 spiro atoms. The van der Waals surface area contributed by atoms with E-state index >= 15 is 0 Å². The van der Waals surface area contributed by atoms with Gasteiger partial charge in [0.05, 0.1) is 17.8 Å². The number of H-pyrrole nitrogens is 2. The molecule has 5 rings (SSSR count). The van der Waals surface area contributed by atoms with E-state index in [9.17, 15) is 13.6 Å². The molecule has 0 radical (unpaired) electrons. The van der Waals surface area contributed by atoms with Crippen LogP contribution in [0.4, 0.5) is 8.78 Å². The van der Waals surface area contributed by atoms with E-state index in [1.165, 1.54) is 18.2 Å². The molecule has 2 aromatic heterocycles. The molecule has 1 saturated heterocycles. The predicted molar refractivity (Wildman–Crippen MR) is 114 cm³/mol. The highest BCUT2D eigenvalue weighted by Gasteiger charge is 2.27. The third-order valence-corrected chi connectivity index (χ3v) is 5.64. The average Bonchev–Trinajstić information content (AvgIpc) is 3.50. The van der Waals surface area contributed by atoms with E-state index in [1.54, 1.807) is 11.0 Å². The molecule has 1 unspecified atom stereocenters. The number of alkyl halides is 2. The van der Waals surface area contributed by atoms with Gasteiger partial charge in [-0.05, 0) is 30.3 Å². The Labute approximate surface area is 176 Å². The van der Waals surface area contributed by atoms with Crippen molar-refractivity contribution in [3.05, 3.63) is 60.7 Å². The van der Waals surface area contributed by atoms with Gasteiger partial charge in [0, 0.05) is 34.8 Å². The van der Waals surface area contributed by atoms with Crippen LogP contribution in [0, 0.1) is 0 Å². The third-order valence-electron chi connectivity index (χ3n) is 5.64. The molecule has 6 nitrogen and oxygen atoms in total. The minimum atomic E-state index is -2.53. The van der Waals surface area contributed by atoms with Crippen molar-refractivity contribution in [3.8, 4) is 17.1 Å². The molecule has 158 valence electrons. The molecule has 1 amide bonds. The maximum atomic E-state index is 13.0. The van der Waals surface area contributed by atoms with E-state index < -0.39 is 6.43 Å². The SMILES string of the molecule is C=CC(=O)N1CCC(Oc2cccc3[nH]c(-c4n[nH]c5cc(C(F)F)ccc45)cc23)C1. The van der Waals surface area contributed by atoms with Gasteiger partial charge in [-0.1, -0.05) is 24.8 Å². The van der Waals surface area contributed by atoms with Gasteiger partial charge in [0.25, 0.3) is 6.43 Å².